The summed E-state index contributed by atoms with van der Waals surface area (Å²) in [5, 5.41) is 10.7. The van der Waals surface area contributed by atoms with Crippen molar-refractivity contribution in [1.82, 2.24) is 10.5 Å². The van der Waals surface area contributed by atoms with Crippen LogP contribution in [-0.4, -0.2) is 24.0 Å². The molecule has 0 fully saturated rings. The van der Waals surface area contributed by atoms with Crippen LogP contribution in [0.3, 0.4) is 0 Å². The molecule has 7 heteroatoms. The van der Waals surface area contributed by atoms with Gasteiger partial charge in [0.25, 0.3) is 11.8 Å². The number of amides is 2. The van der Waals surface area contributed by atoms with Crippen LogP contribution in [0.1, 0.15) is 20.9 Å². The van der Waals surface area contributed by atoms with E-state index < -0.39 is 5.91 Å². The maximum absolute atomic E-state index is 11.7. The average molecular weight is 251 g/mol. The van der Waals surface area contributed by atoms with Gasteiger partial charge in [-0.2, -0.15) is 0 Å². The van der Waals surface area contributed by atoms with Gasteiger partial charge in [-0.15, -0.1) is 11.3 Å². The van der Waals surface area contributed by atoms with E-state index in [1.165, 1.54) is 30.6 Å². The average Bonchev–Trinajstić information content (AvgIpc) is 2.98. The fraction of sp³-hybridized carbons (Fsp3) is 0.100. The Bertz CT molecular complexity index is 533. The van der Waals surface area contributed by atoms with Crippen LogP contribution in [0.5, 0.6) is 0 Å². The highest BCUT2D eigenvalue weighted by Crippen LogP contribution is 2.23. The van der Waals surface area contributed by atoms with Gasteiger partial charge < -0.3 is 15.2 Å². The Hall–Kier alpha value is -2.15. The second-order valence-electron chi connectivity index (χ2n) is 3.07. The van der Waals surface area contributed by atoms with Crippen molar-refractivity contribution in [2.24, 2.45) is 0 Å². The van der Waals surface area contributed by atoms with Gasteiger partial charge in [0, 0.05) is 13.1 Å². The molecule has 0 atom stereocenters. The maximum atomic E-state index is 11.7. The molecule has 88 valence electrons. The van der Waals surface area contributed by atoms with Gasteiger partial charge in [0.2, 0.25) is 5.76 Å². The maximum Gasteiger partial charge on any atom is 0.294 e. The lowest BCUT2D eigenvalue weighted by Gasteiger charge is -2.03. The fourth-order valence-electron chi connectivity index (χ4n) is 1.22. The van der Waals surface area contributed by atoms with Gasteiger partial charge in [-0.1, -0.05) is 5.16 Å². The highest BCUT2D eigenvalue weighted by Gasteiger charge is 2.16. The minimum atomic E-state index is -0.435. The number of carbonyl (C=O) groups excluding carboxylic acids is 2. The molecule has 0 aliphatic carbocycles. The van der Waals surface area contributed by atoms with Gasteiger partial charge in [0.1, 0.15) is 5.00 Å². The summed E-state index contributed by atoms with van der Waals surface area (Å²) in [6, 6.07) is 3.09. The Morgan fingerprint density at radius 2 is 2.18 bits per heavy atom. The smallest absolute Gasteiger partial charge is 0.294 e. The quantitative estimate of drug-likeness (QED) is 0.862. The Balaban J connectivity index is 2.17. The molecule has 2 aromatic heterocycles. The van der Waals surface area contributed by atoms with Gasteiger partial charge >= 0.3 is 0 Å². The predicted octanol–water partition coefficient (Wildman–Crippen LogP) is 1.35. The van der Waals surface area contributed by atoms with Crippen LogP contribution in [0, 0.1) is 0 Å². The third-order valence-corrected chi connectivity index (χ3v) is 2.86. The van der Waals surface area contributed by atoms with Crippen molar-refractivity contribution in [3.05, 3.63) is 35.0 Å². The number of aromatic nitrogens is 1. The number of anilines is 1. The first-order valence-corrected chi connectivity index (χ1v) is 5.62. The Morgan fingerprint density at radius 1 is 1.35 bits per heavy atom. The zero-order valence-electron chi connectivity index (χ0n) is 8.89. The molecule has 17 heavy (non-hydrogen) atoms. The molecule has 2 rings (SSSR count). The molecule has 0 spiro atoms. The lowest BCUT2D eigenvalue weighted by Crippen LogP contribution is -2.20. The summed E-state index contributed by atoms with van der Waals surface area (Å²) >= 11 is 1.26. The Morgan fingerprint density at radius 3 is 2.82 bits per heavy atom. The SMILES string of the molecule is CNC(=O)c1ccsc1NC(=O)c1ccno1. The van der Waals surface area contributed by atoms with Crippen molar-refractivity contribution in [3.63, 3.8) is 0 Å². The standard InChI is InChI=1S/C10H9N3O3S/c1-11-8(14)6-3-5-17-10(6)13-9(15)7-2-4-12-16-7/h2-5H,1H3,(H,11,14)(H,13,15). The number of thiophene rings is 1. The molecule has 6 nitrogen and oxygen atoms in total. The van der Waals surface area contributed by atoms with Crippen LogP contribution in [0.4, 0.5) is 5.00 Å². The molecule has 2 N–H and O–H groups in total. The first kappa shape index (κ1) is 11.3. The van der Waals surface area contributed by atoms with Gasteiger partial charge in [-0.3, -0.25) is 9.59 Å². The first-order valence-electron chi connectivity index (χ1n) is 4.74. The minimum Gasteiger partial charge on any atom is -0.355 e. The van der Waals surface area contributed by atoms with E-state index in [0.29, 0.717) is 10.6 Å². The van der Waals surface area contributed by atoms with E-state index in [2.05, 4.69) is 15.8 Å². The monoisotopic (exact) mass is 251 g/mol. The third-order valence-electron chi connectivity index (χ3n) is 2.03. The summed E-state index contributed by atoms with van der Waals surface area (Å²) in [4.78, 5) is 23.1. The highest BCUT2D eigenvalue weighted by molar-refractivity contribution is 7.14. The normalized spacial score (nSPS) is 9.94. The van der Waals surface area contributed by atoms with Crippen molar-refractivity contribution in [2.45, 2.75) is 0 Å². The van der Waals surface area contributed by atoms with E-state index in [1.54, 1.807) is 11.4 Å². The Kier molecular flexibility index (Phi) is 3.20. The van der Waals surface area contributed by atoms with Crippen LogP contribution in [0.25, 0.3) is 0 Å². The van der Waals surface area contributed by atoms with Crippen LogP contribution in [-0.2, 0) is 0 Å². The van der Waals surface area contributed by atoms with Crippen molar-refractivity contribution in [2.75, 3.05) is 12.4 Å². The van der Waals surface area contributed by atoms with E-state index in [1.807, 2.05) is 0 Å². The van der Waals surface area contributed by atoms with E-state index >= 15 is 0 Å². The summed E-state index contributed by atoms with van der Waals surface area (Å²) in [6.45, 7) is 0. The number of nitrogens with zero attached hydrogens (tertiary/aromatic N) is 1. The molecule has 0 bridgehead atoms. The molecule has 2 heterocycles. The third kappa shape index (κ3) is 2.34. The summed E-state index contributed by atoms with van der Waals surface area (Å²) in [5.74, 6) is -0.588. The number of hydrogen-bond donors (Lipinski definition) is 2. The second-order valence-corrected chi connectivity index (χ2v) is 3.99. The van der Waals surface area contributed by atoms with E-state index in [4.69, 9.17) is 4.52 Å². The number of rotatable bonds is 3. The zero-order valence-corrected chi connectivity index (χ0v) is 9.71. The molecule has 0 aliphatic heterocycles. The lowest BCUT2D eigenvalue weighted by molar-refractivity contribution is 0.0964. The van der Waals surface area contributed by atoms with Crippen molar-refractivity contribution < 1.29 is 14.1 Å². The molecule has 0 aromatic carbocycles. The van der Waals surface area contributed by atoms with Gasteiger partial charge in [-0.05, 0) is 11.4 Å². The first-order chi connectivity index (χ1) is 8.22. The van der Waals surface area contributed by atoms with Crippen molar-refractivity contribution in [3.8, 4) is 0 Å². The largest absolute Gasteiger partial charge is 0.355 e. The van der Waals surface area contributed by atoms with Gasteiger partial charge in [-0.25, -0.2) is 0 Å². The summed E-state index contributed by atoms with van der Waals surface area (Å²) in [5.41, 5.74) is 0.422. The summed E-state index contributed by atoms with van der Waals surface area (Å²) in [6.07, 6.45) is 1.38. The second kappa shape index (κ2) is 4.79. The van der Waals surface area contributed by atoms with Crippen molar-refractivity contribution in [1.29, 1.82) is 0 Å². The predicted molar refractivity (Wildman–Crippen MR) is 62.2 cm³/mol. The van der Waals surface area contributed by atoms with Gasteiger partial charge in [0.05, 0.1) is 11.8 Å². The van der Waals surface area contributed by atoms with Crippen LogP contribution in [0.2, 0.25) is 0 Å². The summed E-state index contributed by atoms with van der Waals surface area (Å²) in [7, 11) is 1.53. The fourth-order valence-corrected chi connectivity index (χ4v) is 2.00. The molecule has 0 saturated heterocycles. The topological polar surface area (TPSA) is 84.2 Å². The van der Waals surface area contributed by atoms with Crippen LogP contribution >= 0.6 is 11.3 Å². The van der Waals surface area contributed by atoms with Crippen LogP contribution < -0.4 is 10.6 Å². The van der Waals surface area contributed by atoms with Gasteiger partial charge in [0.15, 0.2) is 0 Å². The molecular weight excluding hydrogens is 242 g/mol. The molecule has 2 amide bonds. The molecular formula is C10H9N3O3S. The molecule has 0 unspecified atom stereocenters. The molecule has 0 aliphatic rings. The number of nitrogens with one attached hydrogen (secondary N) is 2. The van der Waals surface area contributed by atoms with Crippen LogP contribution in [0.15, 0.2) is 28.2 Å². The number of carbonyl (C=O) groups is 2. The minimum absolute atomic E-state index is 0.0984. The Labute approximate surface area is 101 Å². The van der Waals surface area contributed by atoms with E-state index in [9.17, 15) is 9.59 Å². The summed E-state index contributed by atoms with van der Waals surface area (Å²) < 4.78 is 4.71. The van der Waals surface area contributed by atoms with E-state index in [0.717, 1.165) is 0 Å². The highest BCUT2D eigenvalue weighted by atomic mass is 32.1. The van der Waals surface area contributed by atoms with E-state index in [-0.39, 0.29) is 11.7 Å². The molecule has 0 saturated carbocycles. The lowest BCUT2D eigenvalue weighted by atomic mass is 10.3. The molecule has 2 aromatic rings. The number of hydrogen-bond acceptors (Lipinski definition) is 5. The molecule has 0 radical (unpaired) electrons. The van der Waals surface area contributed by atoms with Crippen molar-refractivity contribution >= 4 is 28.2 Å². The zero-order chi connectivity index (χ0) is 12.3.